The van der Waals surface area contributed by atoms with Gasteiger partial charge in [0.25, 0.3) is 0 Å². The number of carbonyl (C=O) groups excluding carboxylic acids is 1. The fourth-order valence-corrected chi connectivity index (χ4v) is 0.856. The van der Waals surface area contributed by atoms with E-state index in [0.717, 1.165) is 6.42 Å². The van der Waals surface area contributed by atoms with Gasteiger partial charge in [-0.05, 0) is 13.3 Å². The van der Waals surface area contributed by atoms with Crippen LogP contribution in [-0.4, -0.2) is 12.6 Å². The normalized spacial score (nSPS) is 13.4. The van der Waals surface area contributed by atoms with Crippen LogP contribution < -0.4 is 34.5 Å². The summed E-state index contributed by atoms with van der Waals surface area (Å²) in [6.45, 7) is 6.55. The third-order valence-corrected chi connectivity index (χ3v) is 1.82. The zero-order valence-electron chi connectivity index (χ0n) is 10.1. The van der Waals surface area contributed by atoms with Crippen LogP contribution in [0.2, 0.25) is 0 Å². The molecule has 0 radical (unpaired) electrons. The molecule has 0 aliphatic carbocycles. The number of carbonyl (C=O) groups is 1. The van der Waals surface area contributed by atoms with Gasteiger partial charge in [-0.3, -0.25) is 9.45 Å². The molecule has 1 unspecified atom stereocenters. The van der Waals surface area contributed by atoms with Gasteiger partial charge in [-0.1, -0.05) is 19.9 Å². The van der Waals surface area contributed by atoms with E-state index in [1.807, 2.05) is 6.92 Å². The van der Waals surface area contributed by atoms with Gasteiger partial charge in [0, 0.05) is 5.57 Å². The first kappa shape index (κ1) is 19.6. The summed E-state index contributed by atoms with van der Waals surface area (Å²) in [5.41, 5.74) is -0.00750. The maximum absolute atomic E-state index is 10.9. The first-order valence-corrected chi connectivity index (χ1v) is 6.03. The summed E-state index contributed by atoms with van der Waals surface area (Å²) in [6.07, 6.45) is 1.45. The van der Waals surface area contributed by atoms with Crippen LogP contribution in [0.3, 0.4) is 0 Å². The zero-order valence-corrected chi connectivity index (χ0v) is 13.0. The van der Waals surface area contributed by atoms with Crippen LogP contribution >= 0.6 is 7.82 Å². The number of phosphoric acid groups is 1. The van der Waals surface area contributed by atoms with E-state index in [1.165, 1.54) is 6.92 Å². The molecule has 7 nitrogen and oxygen atoms in total. The number of rotatable bonds is 8. The quantitative estimate of drug-likeness (QED) is 0.130. The van der Waals surface area contributed by atoms with Gasteiger partial charge in [0.15, 0.2) is 0 Å². The molecular formula is C8H14NaO7P. The fraction of sp³-hybridized carbons (Fsp3) is 0.625. The van der Waals surface area contributed by atoms with Crippen molar-refractivity contribution in [3.63, 3.8) is 0 Å². The molecule has 9 heteroatoms. The molecule has 0 amide bonds. The Morgan fingerprint density at radius 2 is 2.00 bits per heavy atom. The van der Waals surface area contributed by atoms with Gasteiger partial charge in [0.1, 0.15) is 0 Å². The van der Waals surface area contributed by atoms with Crippen molar-refractivity contribution in [3.05, 3.63) is 12.2 Å². The van der Waals surface area contributed by atoms with Gasteiger partial charge in [0.2, 0.25) is 0 Å². The SMILES string of the molecule is C=C(C)C(=O)OOP(=O)([O-])OOCCCC.[Na+]. The first-order chi connectivity index (χ1) is 7.39. The molecule has 0 saturated carbocycles. The molecule has 0 aliphatic heterocycles. The molecule has 0 N–H and O–H groups in total. The average molecular weight is 276 g/mol. The Bertz CT molecular complexity index is 294. The number of unbranched alkanes of at least 4 members (excludes halogenated alkanes) is 1. The Morgan fingerprint density at radius 1 is 1.41 bits per heavy atom. The third-order valence-electron chi connectivity index (χ3n) is 1.28. The molecule has 0 rings (SSSR count). The van der Waals surface area contributed by atoms with Crippen LogP contribution in [0.4, 0.5) is 0 Å². The Morgan fingerprint density at radius 3 is 2.47 bits per heavy atom. The number of hydrogen-bond donors (Lipinski definition) is 0. The third kappa shape index (κ3) is 11.1. The molecule has 94 valence electrons. The maximum atomic E-state index is 10.9. The molecular weight excluding hydrogens is 262 g/mol. The van der Waals surface area contributed by atoms with Gasteiger partial charge in [-0.15, -0.1) is 4.67 Å². The van der Waals surface area contributed by atoms with Crippen LogP contribution in [-0.2, 0) is 28.5 Å². The first-order valence-electron chi connectivity index (χ1n) is 4.57. The van der Waals surface area contributed by atoms with Gasteiger partial charge in [0.05, 0.1) is 6.61 Å². The van der Waals surface area contributed by atoms with E-state index in [9.17, 15) is 14.3 Å². The predicted octanol–water partition coefficient (Wildman–Crippen LogP) is -1.74. The van der Waals surface area contributed by atoms with Crippen LogP contribution in [0.5, 0.6) is 0 Å². The Labute approximate surface area is 122 Å². The molecule has 0 bridgehead atoms. The molecule has 0 fully saturated rings. The second-order valence-electron chi connectivity index (χ2n) is 2.92. The van der Waals surface area contributed by atoms with Gasteiger partial charge in [-0.2, -0.15) is 4.67 Å². The molecule has 0 heterocycles. The second-order valence-corrected chi connectivity index (χ2v) is 4.12. The predicted molar refractivity (Wildman–Crippen MR) is 51.5 cm³/mol. The Hall–Kier alpha value is 0.280. The van der Waals surface area contributed by atoms with Crippen molar-refractivity contribution in [1.82, 2.24) is 0 Å². The summed E-state index contributed by atoms with van der Waals surface area (Å²) in [5.74, 6) is -1.01. The Balaban J connectivity index is 0. The van der Waals surface area contributed by atoms with E-state index < -0.39 is 13.8 Å². The Kier molecular flexibility index (Phi) is 11.8. The molecule has 0 saturated heterocycles. The summed E-state index contributed by atoms with van der Waals surface area (Å²) in [5, 5.41) is 0. The van der Waals surface area contributed by atoms with E-state index in [2.05, 4.69) is 25.7 Å². The minimum absolute atomic E-state index is 0. The van der Waals surface area contributed by atoms with Gasteiger partial charge >= 0.3 is 43.3 Å². The van der Waals surface area contributed by atoms with Crippen LogP contribution in [0.15, 0.2) is 12.2 Å². The van der Waals surface area contributed by atoms with Crippen molar-refractivity contribution in [3.8, 4) is 0 Å². The van der Waals surface area contributed by atoms with E-state index >= 15 is 0 Å². The summed E-state index contributed by atoms with van der Waals surface area (Å²) in [7, 11) is -4.78. The van der Waals surface area contributed by atoms with Crippen molar-refractivity contribution in [2.75, 3.05) is 6.61 Å². The molecule has 0 aromatic rings. The van der Waals surface area contributed by atoms with Crippen LogP contribution in [0.1, 0.15) is 26.7 Å². The van der Waals surface area contributed by atoms with Crippen molar-refractivity contribution in [1.29, 1.82) is 0 Å². The minimum Gasteiger partial charge on any atom is -0.752 e. The minimum atomic E-state index is -4.78. The fourth-order valence-electron chi connectivity index (χ4n) is 0.468. The average Bonchev–Trinajstić information content (AvgIpc) is 2.21. The smallest absolute Gasteiger partial charge is 0.752 e. The van der Waals surface area contributed by atoms with Gasteiger partial charge < -0.3 is 4.89 Å². The van der Waals surface area contributed by atoms with Crippen molar-refractivity contribution < 1.29 is 62.9 Å². The summed E-state index contributed by atoms with van der Waals surface area (Å²) in [4.78, 5) is 29.9. The molecule has 0 aliphatic rings. The van der Waals surface area contributed by atoms with Crippen molar-refractivity contribution >= 4 is 13.8 Å². The van der Waals surface area contributed by atoms with E-state index in [1.54, 1.807) is 0 Å². The number of hydrogen-bond acceptors (Lipinski definition) is 7. The zero-order chi connectivity index (χ0) is 12.6. The molecule has 0 aromatic heterocycles. The van der Waals surface area contributed by atoms with Crippen LogP contribution in [0.25, 0.3) is 0 Å². The monoisotopic (exact) mass is 276 g/mol. The summed E-state index contributed by atoms with van der Waals surface area (Å²) >= 11 is 0. The second kappa shape index (κ2) is 10.2. The van der Waals surface area contributed by atoms with E-state index in [-0.39, 0.29) is 41.7 Å². The molecule has 17 heavy (non-hydrogen) atoms. The maximum Gasteiger partial charge on any atom is 1.00 e. The summed E-state index contributed by atoms with van der Waals surface area (Å²) < 4.78 is 18.6. The van der Waals surface area contributed by atoms with Gasteiger partial charge in [-0.25, -0.2) is 9.68 Å². The molecule has 0 spiro atoms. The van der Waals surface area contributed by atoms with Crippen molar-refractivity contribution in [2.24, 2.45) is 0 Å². The van der Waals surface area contributed by atoms with E-state index in [4.69, 9.17) is 0 Å². The largest absolute Gasteiger partial charge is 1.00 e. The van der Waals surface area contributed by atoms with E-state index in [0.29, 0.717) is 6.42 Å². The van der Waals surface area contributed by atoms with Crippen LogP contribution in [0, 0.1) is 0 Å². The molecule has 1 atom stereocenters. The summed E-state index contributed by atoms with van der Waals surface area (Å²) in [6, 6.07) is 0. The topological polar surface area (TPSA) is 94.1 Å². The van der Waals surface area contributed by atoms with Crippen molar-refractivity contribution in [2.45, 2.75) is 26.7 Å². The standard InChI is InChI=1S/C8H15O7P.Na/c1-4-5-6-12-14-16(10,11)15-13-8(9)7(2)3;/h2,4-6H2,1,3H3,(H,10,11);/q;+1/p-1. The molecule has 0 aromatic carbocycles.